The van der Waals surface area contributed by atoms with E-state index in [9.17, 15) is 0 Å². The quantitative estimate of drug-likeness (QED) is 0.717. The smallest absolute Gasteiger partial charge is 0.0456 e. The number of benzene rings is 1. The number of hydrogen-bond acceptors (Lipinski definition) is 2. The predicted octanol–water partition coefficient (Wildman–Crippen LogP) is 4.91. The zero-order valence-electron chi connectivity index (χ0n) is 15.4. The Bertz CT molecular complexity index is 449. The van der Waals surface area contributed by atoms with Gasteiger partial charge in [0, 0.05) is 11.1 Å². The summed E-state index contributed by atoms with van der Waals surface area (Å²) in [5, 5.41) is 0. The van der Waals surface area contributed by atoms with Gasteiger partial charge in [0.05, 0.1) is 0 Å². The van der Waals surface area contributed by atoms with Crippen LogP contribution >= 0.6 is 0 Å². The summed E-state index contributed by atoms with van der Waals surface area (Å²) in [6, 6.07) is 8.74. The van der Waals surface area contributed by atoms with Crippen LogP contribution in [0.1, 0.15) is 78.4 Å². The average molecular weight is 305 g/mol. The van der Waals surface area contributed by atoms with E-state index in [1.165, 1.54) is 11.1 Å². The van der Waals surface area contributed by atoms with Crippen LogP contribution in [-0.2, 0) is 11.1 Å². The molecule has 0 spiro atoms. The van der Waals surface area contributed by atoms with Crippen LogP contribution in [0.5, 0.6) is 0 Å². The van der Waals surface area contributed by atoms with Crippen LogP contribution in [0, 0.1) is 11.8 Å². The summed E-state index contributed by atoms with van der Waals surface area (Å²) < 4.78 is 0. The standard InChI is InChI=1S/C20H36N2/c1-7-12-19(21,13-8-2)17-10-9-11-18(14-17)20(22,15(3)4)16(5)6/h9-11,14-16H,7-8,12-13,21-22H2,1-6H3. The Morgan fingerprint density at radius 2 is 1.32 bits per heavy atom. The van der Waals surface area contributed by atoms with Crippen molar-refractivity contribution in [1.82, 2.24) is 0 Å². The Morgan fingerprint density at radius 1 is 0.864 bits per heavy atom. The SMILES string of the molecule is CCCC(N)(CCC)c1cccc(C(N)(C(C)C)C(C)C)c1. The molecular weight excluding hydrogens is 268 g/mol. The summed E-state index contributed by atoms with van der Waals surface area (Å²) in [4.78, 5) is 0. The molecule has 0 unspecified atom stereocenters. The summed E-state index contributed by atoms with van der Waals surface area (Å²) in [5.41, 5.74) is 15.5. The van der Waals surface area contributed by atoms with Crippen molar-refractivity contribution in [3.8, 4) is 0 Å². The fraction of sp³-hybridized carbons (Fsp3) is 0.700. The van der Waals surface area contributed by atoms with E-state index in [4.69, 9.17) is 11.5 Å². The molecule has 1 aromatic carbocycles. The third-order valence-electron chi connectivity index (χ3n) is 5.24. The van der Waals surface area contributed by atoms with Crippen molar-refractivity contribution in [2.45, 2.75) is 78.3 Å². The van der Waals surface area contributed by atoms with E-state index in [1.54, 1.807) is 0 Å². The van der Waals surface area contributed by atoms with Crippen LogP contribution in [0.4, 0.5) is 0 Å². The van der Waals surface area contributed by atoms with Crippen LogP contribution in [0.3, 0.4) is 0 Å². The summed E-state index contributed by atoms with van der Waals surface area (Å²) in [6.07, 6.45) is 4.24. The van der Waals surface area contributed by atoms with Crippen molar-refractivity contribution in [2.24, 2.45) is 23.3 Å². The fourth-order valence-electron chi connectivity index (χ4n) is 3.74. The van der Waals surface area contributed by atoms with E-state index in [-0.39, 0.29) is 11.1 Å². The molecule has 1 rings (SSSR count). The zero-order chi connectivity index (χ0) is 17.0. The van der Waals surface area contributed by atoms with Crippen molar-refractivity contribution < 1.29 is 0 Å². The minimum absolute atomic E-state index is 0.228. The molecular formula is C20H36N2. The highest BCUT2D eigenvalue weighted by Crippen LogP contribution is 2.37. The molecule has 0 saturated heterocycles. The van der Waals surface area contributed by atoms with Crippen LogP contribution in [0.2, 0.25) is 0 Å². The monoisotopic (exact) mass is 304 g/mol. The highest BCUT2D eigenvalue weighted by Gasteiger charge is 2.36. The van der Waals surface area contributed by atoms with E-state index in [0.29, 0.717) is 11.8 Å². The topological polar surface area (TPSA) is 52.0 Å². The molecule has 126 valence electrons. The predicted molar refractivity (Wildman–Crippen MR) is 97.7 cm³/mol. The lowest BCUT2D eigenvalue weighted by Gasteiger charge is -2.39. The molecule has 0 amide bonds. The summed E-state index contributed by atoms with van der Waals surface area (Å²) in [7, 11) is 0. The molecule has 0 radical (unpaired) electrons. The molecule has 2 nitrogen and oxygen atoms in total. The molecule has 1 aromatic rings. The highest BCUT2D eigenvalue weighted by molar-refractivity contribution is 5.34. The molecule has 0 saturated carbocycles. The number of hydrogen-bond donors (Lipinski definition) is 2. The second kappa shape index (κ2) is 7.61. The Morgan fingerprint density at radius 3 is 1.73 bits per heavy atom. The maximum absolute atomic E-state index is 6.82. The first kappa shape index (κ1) is 19.2. The third-order valence-corrected chi connectivity index (χ3v) is 5.24. The molecule has 0 aliphatic rings. The zero-order valence-corrected chi connectivity index (χ0v) is 15.4. The van der Waals surface area contributed by atoms with E-state index >= 15 is 0 Å². The normalized spacial score (nSPS) is 13.2. The Kier molecular flexibility index (Phi) is 6.64. The first-order valence-electron chi connectivity index (χ1n) is 8.91. The molecule has 4 N–H and O–H groups in total. The van der Waals surface area contributed by atoms with Gasteiger partial charge in [0.2, 0.25) is 0 Å². The van der Waals surface area contributed by atoms with Gasteiger partial charge in [-0.25, -0.2) is 0 Å². The summed E-state index contributed by atoms with van der Waals surface area (Å²) in [5.74, 6) is 0.763. The molecule has 0 aromatic heterocycles. The van der Waals surface area contributed by atoms with Crippen LogP contribution in [0.15, 0.2) is 24.3 Å². The minimum Gasteiger partial charge on any atom is -0.321 e. The van der Waals surface area contributed by atoms with Crippen molar-refractivity contribution in [2.75, 3.05) is 0 Å². The first-order chi connectivity index (χ1) is 10.2. The maximum atomic E-state index is 6.82. The molecule has 0 aliphatic carbocycles. The van der Waals surface area contributed by atoms with Gasteiger partial charge in [-0.3, -0.25) is 0 Å². The molecule has 0 heterocycles. The molecule has 22 heavy (non-hydrogen) atoms. The van der Waals surface area contributed by atoms with Gasteiger partial charge in [-0.2, -0.15) is 0 Å². The van der Waals surface area contributed by atoms with Gasteiger partial charge in [0.25, 0.3) is 0 Å². The van der Waals surface area contributed by atoms with E-state index < -0.39 is 0 Å². The van der Waals surface area contributed by atoms with Gasteiger partial charge in [-0.05, 0) is 35.8 Å². The minimum atomic E-state index is -0.310. The molecule has 0 fully saturated rings. The van der Waals surface area contributed by atoms with Crippen LogP contribution in [-0.4, -0.2) is 0 Å². The maximum Gasteiger partial charge on any atom is 0.0456 e. The number of nitrogens with two attached hydrogens (primary N) is 2. The first-order valence-corrected chi connectivity index (χ1v) is 8.91. The molecule has 2 heteroatoms. The van der Waals surface area contributed by atoms with Crippen LogP contribution < -0.4 is 11.5 Å². The lowest BCUT2D eigenvalue weighted by Crippen LogP contribution is -2.47. The second-order valence-electron chi connectivity index (χ2n) is 7.48. The van der Waals surface area contributed by atoms with E-state index in [2.05, 4.69) is 65.8 Å². The highest BCUT2D eigenvalue weighted by atomic mass is 14.8. The van der Waals surface area contributed by atoms with E-state index in [1.807, 2.05) is 0 Å². The van der Waals surface area contributed by atoms with Crippen molar-refractivity contribution in [1.29, 1.82) is 0 Å². The van der Waals surface area contributed by atoms with Gasteiger partial charge in [-0.15, -0.1) is 0 Å². The fourth-order valence-corrected chi connectivity index (χ4v) is 3.74. The van der Waals surface area contributed by atoms with Crippen LogP contribution in [0.25, 0.3) is 0 Å². The van der Waals surface area contributed by atoms with Gasteiger partial charge in [-0.1, -0.05) is 78.6 Å². The van der Waals surface area contributed by atoms with Gasteiger partial charge >= 0.3 is 0 Å². The lowest BCUT2D eigenvalue weighted by molar-refractivity contribution is 0.226. The molecule has 0 atom stereocenters. The van der Waals surface area contributed by atoms with Crippen molar-refractivity contribution >= 4 is 0 Å². The van der Waals surface area contributed by atoms with Crippen molar-refractivity contribution in [3.05, 3.63) is 35.4 Å². The number of rotatable bonds is 8. The Hall–Kier alpha value is -0.860. The molecule has 0 aliphatic heterocycles. The van der Waals surface area contributed by atoms with Gasteiger partial charge < -0.3 is 11.5 Å². The third kappa shape index (κ3) is 3.72. The Balaban J connectivity index is 3.33. The Labute approximate surface area is 137 Å². The van der Waals surface area contributed by atoms with Gasteiger partial charge in [0.15, 0.2) is 0 Å². The van der Waals surface area contributed by atoms with Gasteiger partial charge in [0.1, 0.15) is 0 Å². The average Bonchev–Trinajstić information content (AvgIpc) is 2.46. The summed E-state index contributed by atoms with van der Waals surface area (Å²) >= 11 is 0. The largest absolute Gasteiger partial charge is 0.321 e. The van der Waals surface area contributed by atoms with Crippen molar-refractivity contribution in [3.63, 3.8) is 0 Å². The lowest BCUT2D eigenvalue weighted by atomic mass is 9.71. The second-order valence-corrected chi connectivity index (χ2v) is 7.48. The van der Waals surface area contributed by atoms with E-state index in [0.717, 1.165) is 25.7 Å². The molecule has 0 bridgehead atoms. The summed E-state index contributed by atoms with van der Waals surface area (Å²) in [6.45, 7) is 13.2.